The SMILES string of the molecule is O=C(O)C(F)(F)F.O=C1CCc2ccccc2N1C1CCNCC1. The molecule has 0 aromatic heterocycles. The normalized spacial score (nSPS) is 18.5. The first-order valence-corrected chi connectivity index (χ1v) is 7.71. The molecule has 3 rings (SSSR count). The minimum Gasteiger partial charge on any atom is -0.475 e. The quantitative estimate of drug-likeness (QED) is 0.821. The van der Waals surface area contributed by atoms with Crippen LogP contribution < -0.4 is 10.2 Å². The standard InChI is InChI=1S/C14H18N2O.C2HF3O2/c17-14-6-5-11-3-1-2-4-13(11)16(14)12-7-9-15-10-8-12;3-2(4,5)1(6)7/h1-4,12,15H,5-10H2;(H,6,7). The number of hydrogen-bond acceptors (Lipinski definition) is 3. The number of carbonyl (C=O) groups excluding carboxylic acids is 1. The predicted molar refractivity (Wildman–Crippen MR) is 81.8 cm³/mol. The maximum atomic E-state index is 12.2. The van der Waals surface area contributed by atoms with Gasteiger partial charge < -0.3 is 15.3 Å². The summed E-state index contributed by atoms with van der Waals surface area (Å²) in [5.74, 6) is -2.46. The highest BCUT2D eigenvalue weighted by Gasteiger charge is 2.38. The molecule has 132 valence electrons. The number of carbonyl (C=O) groups is 2. The number of rotatable bonds is 1. The summed E-state index contributed by atoms with van der Waals surface area (Å²) in [5.41, 5.74) is 2.47. The maximum absolute atomic E-state index is 12.2. The molecule has 1 amide bonds. The summed E-state index contributed by atoms with van der Waals surface area (Å²) in [6.45, 7) is 2.05. The van der Waals surface area contributed by atoms with Gasteiger partial charge in [0, 0.05) is 18.2 Å². The first-order valence-electron chi connectivity index (χ1n) is 7.71. The van der Waals surface area contributed by atoms with Crippen molar-refractivity contribution in [2.45, 2.75) is 37.9 Å². The second-order valence-corrected chi connectivity index (χ2v) is 5.68. The Bertz CT molecular complexity index is 598. The van der Waals surface area contributed by atoms with Crippen LogP contribution in [0.1, 0.15) is 24.8 Å². The van der Waals surface area contributed by atoms with E-state index in [9.17, 15) is 18.0 Å². The summed E-state index contributed by atoms with van der Waals surface area (Å²) >= 11 is 0. The van der Waals surface area contributed by atoms with E-state index in [-0.39, 0.29) is 0 Å². The van der Waals surface area contributed by atoms with Gasteiger partial charge in [0.15, 0.2) is 0 Å². The molecule has 1 aromatic carbocycles. The van der Waals surface area contributed by atoms with Crippen LogP contribution in [0.4, 0.5) is 18.9 Å². The number of hydrogen-bond donors (Lipinski definition) is 2. The summed E-state index contributed by atoms with van der Waals surface area (Å²) < 4.78 is 31.7. The fourth-order valence-corrected chi connectivity index (χ4v) is 2.92. The largest absolute Gasteiger partial charge is 0.490 e. The molecule has 0 atom stereocenters. The zero-order valence-corrected chi connectivity index (χ0v) is 13.0. The number of aryl methyl sites for hydroxylation is 1. The average molecular weight is 344 g/mol. The molecule has 2 aliphatic rings. The van der Waals surface area contributed by atoms with Crippen molar-refractivity contribution in [2.75, 3.05) is 18.0 Å². The molecule has 0 radical (unpaired) electrons. The molecule has 2 N–H and O–H groups in total. The van der Waals surface area contributed by atoms with Gasteiger partial charge in [-0.25, -0.2) is 4.79 Å². The van der Waals surface area contributed by atoms with Crippen LogP contribution in [0.15, 0.2) is 24.3 Å². The molecule has 24 heavy (non-hydrogen) atoms. The van der Waals surface area contributed by atoms with E-state index in [0.29, 0.717) is 18.4 Å². The Morgan fingerprint density at radius 1 is 1.17 bits per heavy atom. The summed E-state index contributed by atoms with van der Waals surface area (Å²) in [7, 11) is 0. The van der Waals surface area contributed by atoms with Crippen molar-refractivity contribution in [3.05, 3.63) is 29.8 Å². The van der Waals surface area contributed by atoms with E-state index in [4.69, 9.17) is 9.90 Å². The van der Waals surface area contributed by atoms with E-state index in [1.807, 2.05) is 6.07 Å². The van der Waals surface area contributed by atoms with E-state index < -0.39 is 12.1 Å². The smallest absolute Gasteiger partial charge is 0.475 e. The third-order valence-corrected chi connectivity index (χ3v) is 4.04. The van der Waals surface area contributed by atoms with Crippen molar-refractivity contribution in [3.8, 4) is 0 Å². The Labute approximate surface area is 137 Å². The lowest BCUT2D eigenvalue weighted by Gasteiger charge is -2.38. The fourth-order valence-electron chi connectivity index (χ4n) is 2.92. The zero-order valence-electron chi connectivity index (χ0n) is 13.0. The second-order valence-electron chi connectivity index (χ2n) is 5.68. The van der Waals surface area contributed by atoms with Crippen molar-refractivity contribution in [3.63, 3.8) is 0 Å². The van der Waals surface area contributed by atoms with Crippen LogP contribution in [0.2, 0.25) is 0 Å². The third-order valence-electron chi connectivity index (χ3n) is 4.04. The van der Waals surface area contributed by atoms with Crippen LogP contribution in [0, 0.1) is 0 Å². The van der Waals surface area contributed by atoms with Gasteiger partial charge in [0.05, 0.1) is 0 Å². The van der Waals surface area contributed by atoms with Crippen LogP contribution in [0.25, 0.3) is 0 Å². The Balaban J connectivity index is 0.000000256. The number of benzene rings is 1. The predicted octanol–water partition coefficient (Wildman–Crippen LogP) is 2.35. The van der Waals surface area contributed by atoms with E-state index in [2.05, 4.69) is 28.4 Å². The highest BCUT2D eigenvalue weighted by molar-refractivity contribution is 5.97. The lowest BCUT2D eigenvalue weighted by molar-refractivity contribution is -0.192. The van der Waals surface area contributed by atoms with Gasteiger partial charge in [-0.2, -0.15) is 13.2 Å². The van der Waals surface area contributed by atoms with Crippen molar-refractivity contribution >= 4 is 17.6 Å². The highest BCUT2D eigenvalue weighted by atomic mass is 19.4. The van der Waals surface area contributed by atoms with Crippen LogP contribution >= 0.6 is 0 Å². The number of aliphatic carboxylic acids is 1. The van der Waals surface area contributed by atoms with Crippen LogP contribution in [0.3, 0.4) is 0 Å². The molecule has 8 heteroatoms. The Morgan fingerprint density at radius 2 is 1.75 bits per heavy atom. The summed E-state index contributed by atoms with van der Waals surface area (Å²) in [6, 6.07) is 8.73. The number of amides is 1. The monoisotopic (exact) mass is 344 g/mol. The van der Waals surface area contributed by atoms with Crippen molar-refractivity contribution in [2.24, 2.45) is 0 Å². The van der Waals surface area contributed by atoms with Crippen molar-refractivity contribution in [1.29, 1.82) is 0 Å². The van der Waals surface area contributed by atoms with Gasteiger partial charge in [-0.3, -0.25) is 4.79 Å². The van der Waals surface area contributed by atoms with Crippen LogP contribution in [-0.4, -0.2) is 42.3 Å². The minimum atomic E-state index is -5.08. The van der Waals surface area contributed by atoms with Gasteiger partial charge in [-0.1, -0.05) is 18.2 Å². The summed E-state index contributed by atoms with van der Waals surface area (Å²) in [4.78, 5) is 23.1. The molecular formula is C16H19F3N2O3. The van der Waals surface area contributed by atoms with Gasteiger partial charge in [-0.05, 0) is 44.0 Å². The number of carboxylic acids is 1. The number of piperidine rings is 1. The number of para-hydroxylation sites is 1. The summed E-state index contributed by atoms with van der Waals surface area (Å²) in [6.07, 6.45) is -1.38. The third kappa shape index (κ3) is 4.47. The number of fused-ring (bicyclic) bond motifs is 1. The Hall–Kier alpha value is -2.09. The average Bonchev–Trinajstić information content (AvgIpc) is 2.55. The topological polar surface area (TPSA) is 69.6 Å². The van der Waals surface area contributed by atoms with Gasteiger partial charge in [0.2, 0.25) is 5.91 Å². The van der Waals surface area contributed by atoms with Gasteiger partial charge in [0.1, 0.15) is 0 Å². The first kappa shape index (κ1) is 18.3. The number of carboxylic acid groups (broad SMARTS) is 1. The molecule has 1 fully saturated rings. The number of nitrogens with zero attached hydrogens (tertiary/aromatic N) is 1. The van der Waals surface area contributed by atoms with Crippen molar-refractivity contribution in [1.82, 2.24) is 5.32 Å². The van der Waals surface area contributed by atoms with E-state index in [1.54, 1.807) is 0 Å². The van der Waals surface area contributed by atoms with Crippen molar-refractivity contribution < 1.29 is 27.9 Å². The lowest BCUT2D eigenvalue weighted by Crippen LogP contribution is -2.48. The molecule has 0 bridgehead atoms. The van der Waals surface area contributed by atoms with Crippen LogP contribution in [-0.2, 0) is 16.0 Å². The van der Waals surface area contributed by atoms with Crippen LogP contribution in [0.5, 0.6) is 0 Å². The molecule has 0 saturated carbocycles. The van der Waals surface area contributed by atoms with Gasteiger partial charge >= 0.3 is 12.1 Å². The lowest BCUT2D eigenvalue weighted by atomic mass is 9.96. The number of anilines is 1. The minimum absolute atomic E-state index is 0.301. The first-order chi connectivity index (χ1) is 11.3. The molecule has 0 aliphatic carbocycles. The number of alkyl halides is 3. The fraction of sp³-hybridized carbons (Fsp3) is 0.500. The van der Waals surface area contributed by atoms with E-state index in [0.717, 1.165) is 38.0 Å². The number of nitrogens with one attached hydrogen (secondary N) is 1. The maximum Gasteiger partial charge on any atom is 0.490 e. The molecule has 5 nitrogen and oxygen atoms in total. The molecule has 0 unspecified atom stereocenters. The van der Waals surface area contributed by atoms with E-state index >= 15 is 0 Å². The zero-order chi connectivity index (χ0) is 17.7. The Kier molecular flexibility index (Phi) is 5.82. The molecule has 2 heterocycles. The highest BCUT2D eigenvalue weighted by Crippen LogP contribution is 2.31. The molecule has 1 saturated heterocycles. The molecule has 1 aromatic rings. The Morgan fingerprint density at radius 3 is 2.33 bits per heavy atom. The molecule has 0 spiro atoms. The number of halogens is 3. The second kappa shape index (κ2) is 7.65. The molecule has 2 aliphatic heterocycles. The summed E-state index contributed by atoms with van der Waals surface area (Å²) in [5, 5.41) is 10.5. The molecular weight excluding hydrogens is 325 g/mol. The van der Waals surface area contributed by atoms with E-state index in [1.165, 1.54) is 5.56 Å². The van der Waals surface area contributed by atoms with Gasteiger partial charge in [-0.15, -0.1) is 0 Å². The van der Waals surface area contributed by atoms with Gasteiger partial charge in [0.25, 0.3) is 0 Å².